The largest absolute Gasteiger partial charge is 0.494 e. The van der Waals surface area contributed by atoms with Gasteiger partial charge in [0.15, 0.2) is 5.70 Å². The van der Waals surface area contributed by atoms with E-state index in [0.717, 1.165) is 17.7 Å². The first-order chi connectivity index (χ1) is 14.8. The van der Waals surface area contributed by atoms with Crippen molar-refractivity contribution in [1.82, 2.24) is 20.0 Å². The monoisotopic (exact) mass is 432 g/mol. The summed E-state index contributed by atoms with van der Waals surface area (Å²) in [4.78, 5) is 8.52. The number of nitrogens with zero attached hydrogens (tertiary/aromatic N) is 3. The predicted octanol–water partition coefficient (Wildman–Crippen LogP) is 3.24. The quantitative estimate of drug-likeness (QED) is 0.373. The van der Waals surface area contributed by atoms with Gasteiger partial charge in [0.25, 0.3) is 0 Å². The average Bonchev–Trinajstić information content (AvgIpc) is 3.22. The van der Waals surface area contributed by atoms with Gasteiger partial charge in [0, 0.05) is 24.5 Å². The number of nitrogens with one attached hydrogen (secondary N) is 1. The van der Waals surface area contributed by atoms with Crippen molar-refractivity contribution in [3.05, 3.63) is 71.9 Å². The number of hydrazine groups is 1. The number of nitrogens with two attached hydrogens (primary N) is 2. The predicted molar refractivity (Wildman–Crippen MR) is 111 cm³/mol. The zero-order valence-corrected chi connectivity index (χ0v) is 16.9. The highest BCUT2D eigenvalue weighted by Gasteiger charge is 2.36. The zero-order valence-electron chi connectivity index (χ0n) is 16.9. The maximum atomic E-state index is 13.1. The van der Waals surface area contributed by atoms with Gasteiger partial charge in [-0.15, -0.1) is 0 Å². The van der Waals surface area contributed by atoms with E-state index < -0.39 is 17.6 Å². The van der Waals surface area contributed by atoms with Gasteiger partial charge < -0.3 is 20.5 Å². The molecule has 0 saturated heterocycles. The summed E-state index contributed by atoms with van der Waals surface area (Å²) in [5.41, 5.74) is 7.70. The van der Waals surface area contributed by atoms with Gasteiger partial charge in [-0.1, -0.05) is 18.2 Å². The zero-order chi connectivity index (χ0) is 22.4. The molecule has 0 aliphatic carbocycles. The Morgan fingerprint density at radius 3 is 2.65 bits per heavy atom. The Kier molecular flexibility index (Phi) is 6.81. The van der Waals surface area contributed by atoms with Gasteiger partial charge in [-0.25, -0.2) is 4.98 Å². The Labute approximate surface area is 177 Å². The highest BCUT2D eigenvalue weighted by molar-refractivity contribution is 5.69. The number of para-hydroxylation sites is 1. The minimum absolute atomic E-state index is 0.135. The fourth-order valence-corrected chi connectivity index (χ4v) is 3.07. The maximum Gasteiger partial charge on any atom is 0.434 e. The molecule has 2 heterocycles. The standard InChI is InChI=1S/C21H23F3N6O/c1-2-31-18-6-4-3-5-14(18)8-10-30-12-17(28-13-30)16-11-15(7-9-27-16)19(25)20(29-26)21(22,23)24/h3-7,9,11-13,29H,2,8,10,25-26H2,1H3/b20-19-. The van der Waals surface area contributed by atoms with Gasteiger partial charge in [0.2, 0.25) is 0 Å². The van der Waals surface area contributed by atoms with Crippen LogP contribution in [0.3, 0.4) is 0 Å². The number of aromatic nitrogens is 3. The molecule has 5 N–H and O–H groups in total. The van der Waals surface area contributed by atoms with Gasteiger partial charge in [0.1, 0.15) is 11.4 Å². The fraction of sp³-hybridized carbons (Fsp3) is 0.238. The van der Waals surface area contributed by atoms with Crippen LogP contribution in [-0.2, 0) is 13.0 Å². The molecule has 164 valence electrons. The summed E-state index contributed by atoms with van der Waals surface area (Å²) in [5.74, 6) is 5.86. The van der Waals surface area contributed by atoms with Crippen LogP contribution < -0.4 is 21.7 Å². The lowest BCUT2D eigenvalue weighted by molar-refractivity contribution is -0.0961. The number of rotatable bonds is 8. The van der Waals surface area contributed by atoms with Crippen LogP contribution in [-0.4, -0.2) is 27.3 Å². The summed E-state index contributed by atoms with van der Waals surface area (Å²) >= 11 is 0. The molecule has 2 aromatic heterocycles. The van der Waals surface area contributed by atoms with Crippen molar-refractivity contribution < 1.29 is 17.9 Å². The first-order valence-electron chi connectivity index (χ1n) is 9.56. The highest BCUT2D eigenvalue weighted by atomic mass is 19.4. The fourth-order valence-electron chi connectivity index (χ4n) is 3.07. The molecule has 0 bridgehead atoms. The Balaban J connectivity index is 1.79. The van der Waals surface area contributed by atoms with Crippen molar-refractivity contribution in [2.45, 2.75) is 26.1 Å². The number of halogens is 3. The van der Waals surface area contributed by atoms with E-state index in [1.54, 1.807) is 17.9 Å². The molecule has 0 aliphatic rings. The van der Waals surface area contributed by atoms with Crippen LogP contribution >= 0.6 is 0 Å². The SMILES string of the molecule is CCOc1ccccc1CCn1cnc(-c2cc(/C(N)=C(/NN)C(F)(F)F)ccn2)c1. The van der Waals surface area contributed by atoms with Crippen molar-refractivity contribution in [2.75, 3.05) is 6.61 Å². The molecule has 10 heteroatoms. The van der Waals surface area contributed by atoms with Gasteiger partial charge in [-0.05, 0) is 37.1 Å². The summed E-state index contributed by atoms with van der Waals surface area (Å²) in [6.07, 6.45) is 0.823. The molecule has 7 nitrogen and oxygen atoms in total. The topological polar surface area (TPSA) is 104 Å². The van der Waals surface area contributed by atoms with E-state index in [4.69, 9.17) is 16.3 Å². The summed E-state index contributed by atoms with van der Waals surface area (Å²) in [6, 6.07) is 10.6. The number of hydrogen-bond donors (Lipinski definition) is 3. The second kappa shape index (κ2) is 9.52. The van der Waals surface area contributed by atoms with Gasteiger partial charge >= 0.3 is 6.18 Å². The van der Waals surface area contributed by atoms with Crippen LogP contribution in [0.5, 0.6) is 5.75 Å². The molecule has 0 unspecified atom stereocenters. The molecule has 3 aromatic rings. The third-order valence-corrected chi connectivity index (χ3v) is 4.58. The van der Waals surface area contributed by atoms with E-state index in [9.17, 15) is 13.2 Å². The van der Waals surface area contributed by atoms with Crippen LogP contribution in [0.4, 0.5) is 13.2 Å². The number of aryl methyl sites for hydroxylation is 2. The Bertz CT molecular complexity index is 1060. The second-order valence-corrected chi connectivity index (χ2v) is 6.65. The van der Waals surface area contributed by atoms with Crippen molar-refractivity contribution >= 4 is 5.70 Å². The van der Waals surface area contributed by atoms with E-state index in [-0.39, 0.29) is 5.56 Å². The summed E-state index contributed by atoms with van der Waals surface area (Å²) in [7, 11) is 0. The lowest BCUT2D eigenvalue weighted by Crippen LogP contribution is -2.34. The Hall–Kier alpha value is -3.53. The maximum absolute atomic E-state index is 13.1. The van der Waals surface area contributed by atoms with Crippen molar-refractivity contribution in [3.63, 3.8) is 0 Å². The van der Waals surface area contributed by atoms with E-state index in [1.807, 2.05) is 35.8 Å². The third-order valence-electron chi connectivity index (χ3n) is 4.58. The molecule has 0 fully saturated rings. The minimum Gasteiger partial charge on any atom is -0.494 e. The van der Waals surface area contributed by atoms with Gasteiger partial charge in [-0.3, -0.25) is 10.8 Å². The van der Waals surface area contributed by atoms with Crippen LogP contribution in [0.1, 0.15) is 18.1 Å². The smallest absolute Gasteiger partial charge is 0.434 e. The van der Waals surface area contributed by atoms with Crippen molar-refractivity contribution in [1.29, 1.82) is 0 Å². The van der Waals surface area contributed by atoms with Crippen LogP contribution in [0, 0.1) is 0 Å². The van der Waals surface area contributed by atoms with Crippen LogP contribution in [0.15, 0.2) is 60.8 Å². The molecule has 0 radical (unpaired) electrons. The first kappa shape index (κ1) is 22.2. The lowest BCUT2D eigenvalue weighted by atomic mass is 10.1. The average molecular weight is 432 g/mol. The molecule has 1 aromatic carbocycles. The number of benzene rings is 1. The van der Waals surface area contributed by atoms with Gasteiger partial charge in [0.05, 0.1) is 24.3 Å². The highest BCUT2D eigenvalue weighted by Crippen LogP contribution is 2.28. The number of imidazole rings is 1. The van der Waals surface area contributed by atoms with Crippen LogP contribution in [0.25, 0.3) is 17.1 Å². The van der Waals surface area contributed by atoms with Crippen molar-refractivity contribution in [3.8, 4) is 17.1 Å². The number of pyridine rings is 1. The molecule has 3 rings (SSSR count). The second-order valence-electron chi connectivity index (χ2n) is 6.65. The number of ether oxygens (including phenoxy) is 1. The number of hydrogen-bond acceptors (Lipinski definition) is 6. The van der Waals surface area contributed by atoms with E-state index in [0.29, 0.717) is 24.5 Å². The third kappa shape index (κ3) is 5.34. The van der Waals surface area contributed by atoms with E-state index in [2.05, 4.69) is 9.97 Å². The molecule has 0 aliphatic heterocycles. The minimum atomic E-state index is -4.71. The molecular formula is C21H23F3N6O. The van der Waals surface area contributed by atoms with E-state index in [1.165, 1.54) is 18.3 Å². The molecular weight excluding hydrogens is 409 g/mol. The molecule has 0 spiro atoms. The van der Waals surface area contributed by atoms with Crippen LogP contribution in [0.2, 0.25) is 0 Å². The molecule has 0 atom stereocenters. The number of alkyl halides is 3. The first-order valence-corrected chi connectivity index (χ1v) is 9.56. The van der Waals surface area contributed by atoms with Gasteiger partial charge in [-0.2, -0.15) is 13.2 Å². The Morgan fingerprint density at radius 1 is 1.16 bits per heavy atom. The normalized spacial score (nSPS) is 12.4. The molecule has 31 heavy (non-hydrogen) atoms. The molecule has 0 saturated carbocycles. The molecule has 0 amide bonds. The lowest BCUT2D eigenvalue weighted by Gasteiger charge is -2.14. The van der Waals surface area contributed by atoms with Crippen molar-refractivity contribution in [2.24, 2.45) is 11.6 Å². The summed E-state index contributed by atoms with van der Waals surface area (Å²) in [5, 5.41) is 0. The number of allylic oxidation sites excluding steroid dienone is 1. The Morgan fingerprint density at radius 2 is 1.94 bits per heavy atom. The summed E-state index contributed by atoms with van der Waals surface area (Å²) < 4.78 is 46.7. The summed E-state index contributed by atoms with van der Waals surface area (Å²) in [6.45, 7) is 3.17. The van der Waals surface area contributed by atoms with E-state index >= 15 is 0 Å².